The Morgan fingerprint density at radius 2 is 1.87 bits per heavy atom. The van der Waals surface area contributed by atoms with Crippen LogP contribution in [0.5, 0.6) is 0 Å². The monoisotopic (exact) mass is 341 g/mol. The molecule has 0 heterocycles. The van der Waals surface area contributed by atoms with Crippen LogP contribution in [0.3, 0.4) is 0 Å². The summed E-state index contributed by atoms with van der Waals surface area (Å²) in [6, 6.07) is 5.88. The van der Waals surface area contributed by atoms with Crippen molar-refractivity contribution in [3.8, 4) is 0 Å². The summed E-state index contributed by atoms with van der Waals surface area (Å²) in [6.45, 7) is 0.459. The number of carbonyl (C=O) groups is 3. The number of nitrogens with one attached hydrogen (secondary N) is 2. The molecular weight excluding hydrogens is 322 g/mol. The lowest BCUT2D eigenvalue weighted by Gasteiger charge is -2.12. The fourth-order valence-corrected chi connectivity index (χ4v) is 1.96. The minimum atomic E-state index is -0.798. The number of carbonyl (C=O) groups excluding carboxylic acids is 3. The van der Waals surface area contributed by atoms with Crippen molar-refractivity contribution in [1.82, 2.24) is 10.6 Å². The van der Waals surface area contributed by atoms with E-state index in [1.807, 2.05) is 0 Å². The van der Waals surface area contributed by atoms with E-state index < -0.39 is 12.0 Å². The smallest absolute Gasteiger partial charge is 0.305 e. The van der Waals surface area contributed by atoms with Crippen molar-refractivity contribution in [2.75, 3.05) is 20.2 Å². The van der Waals surface area contributed by atoms with Gasteiger partial charge in [-0.15, -0.1) is 0 Å². The van der Waals surface area contributed by atoms with Crippen LogP contribution in [-0.4, -0.2) is 44.0 Å². The third kappa shape index (κ3) is 6.66. The zero-order chi connectivity index (χ0) is 17.2. The molecule has 0 fully saturated rings. The average Bonchev–Trinajstić information content (AvgIpc) is 2.56. The zero-order valence-corrected chi connectivity index (χ0v) is 13.6. The zero-order valence-electron chi connectivity index (χ0n) is 12.8. The van der Waals surface area contributed by atoms with Gasteiger partial charge in [0.25, 0.3) is 5.91 Å². The van der Waals surface area contributed by atoms with Gasteiger partial charge in [0.15, 0.2) is 0 Å². The molecule has 4 N–H and O–H groups in total. The van der Waals surface area contributed by atoms with E-state index in [-0.39, 0.29) is 37.7 Å². The van der Waals surface area contributed by atoms with Crippen molar-refractivity contribution >= 4 is 29.4 Å². The Labute approximate surface area is 139 Å². The number of hydrogen-bond acceptors (Lipinski definition) is 5. The van der Waals surface area contributed by atoms with Gasteiger partial charge in [-0.1, -0.05) is 23.7 Å². The molecule has 1 unspecified atom stereocenters. The highest BCUT2D eigenvalue weighted by molar-refractivity contribution is 6.33. The van der Waals surface area contributed by atoms with E-state index in [1.165, 1.54) is 7.11 Å². The second-order valence-electron chi connectivity index (χ2n) is 4.75. The van der Waals surface area contributed by atoms with Crippen LogP contribution in [0.1, 0.15) is 23.2 Å². The summed E-state index contributed by atoms with van der Waals surface area (Å²) in [5.74, 6) is -1.12. The lowest BCUT2D eigenvalue weighted by molar-refractivity contribution is -0.140. The molecule has 0 bridgehead atoms. The third-order valence-corrected chi connectivity index (χ3v) is 3.38. The molecule has 0 aliphatic heterocycles. The average molecular weight is 342 g/mol. The number of ether oxygens (including phenoxy) is 1. The maximum absolute atomic E-state index is 11.9. The second kappa shape index (κ2) is 9.81. The van der Waals surface area contributed by atoms with Gasteiger partial charge in [-0.2, -0.15) is 0 Å². The third-order valence-electron chi connectivity index (χ3n) is 3.05. The minimum absolute atomic E-state index is 0.0777. The van der Waals surface area contributed by atoms with Gasteiger partial charge in [0.05, 0.1) is 23.7 Å². The number of rotatable bonds is 8. The molecule has 1 atom stereocenters. The summed E-state index contributed by atoms with van der Waals surface area (Å²) in [6.07, 6.45) is 0.277. The Morgan fingerprint density at radius 3 is 2.52 bits per heavy atom. The largest absolute Gasteiger partial charge is 0.469 e. The molecular formula is C15H20ClN3O4. The van der Waals surface area contributed by atoms with Gasteiger partial charge < -0.3 is 21.1 Å². The molecule has 0 spiro atoms. The molecule has 0 saturated heterocycles. The highest BCUT2D eigenvalue weighted by atomic mass is 35.5. The summed E-state index contributed by atoms with van der Waals surface area (Å²) in [4.78, 5) is 34.5. The summed E-state index contributed by atoms with van der Waals surface area (Å²) >= 11 is 5.91. The van der Waals surface area contributed by atoms with Crippen LogP contribution >= 0.6 is 11.6 Å². The van der Waals surface area contributed by atoms with Crippen molar-refractivity contribution in [2.24, 2.45) is 5.73 Å². The van der Waals surface area contributed by atoms with Crippen LogP contribution in [0.4, 0.5) is 0 Å². The Balaban J connectivity index is 2.26. The first-order valence-corrected chi connectivity index (χ1v) is 7.46. The number of nitrogens with two attached hydrogens (primary N) is 1. The molecule has 0 radical (unpaired) electrons. The lowest BCUT2D eigenvalue weighted by Crippen LogP contribution is -2.43. The number of amides is 2. The molecule has 1 aromatic carbocycles. The summed E-state index contributed by atoms with van der Waals surface area (Å²) < 4.78 is 4.47. The minimum Gasteiger partial charge on any atom is -0.469 e. The van der Waals surface area contributed by atoms with E-state index in [9.17, 15) is 14.4 Å². The summed E-state index contributed by atoms with van der Waals surface area (Å²) in [5, 5.41) is 5.58. The molecule has 0 aliphatic carbocycles. The Hall–Kier alpha value is -2.12. The van der Waals surface area contributed by atoms with E-state index in [2.05, 4.69) is 15.4 Å². The van der Waals surface area contributed by atoms with E-state index in [0.29, 0.717) is 10.6 Å². The molecule has 8 heteroatoms. The summed E-state index contributed by atoms with van der Waals surface area (Å²) in [5.41, 5.74) is 6.02. The maximum Gasteiger partial charge on any atom is 0.305 e. The molecule has 23 heavy (non-hydrogen) atoms. The first kappa shape index (κ1) is 18.9. The molecule has 1 rings (SSSR count). The van der Waals surface area contributed by atoms with E-state index in [0.717, 1.165) is 0 Å². The Kier molecular flexibility index (Phi) is 8.07. The van der Waals surface area contributed by atoms with Gasteiger partial charge >= 0.3 is 5.97 Å². The van der Waals surface area contributed by atoms with E-state index >= 15 is 0 Å². The number of esters is 1. The number of hydrogen-bond donors (Lipinski definition) is 3. The number of halogens is 1. The lowest BCUT2D eigenvalue weighted by atomic mass is 10.1. The van der Waals surface area contributed by atoms with Crippen molar-refractivity contribution in [2.45, 2.75) is 18.9 Å². The standard InChI is InChI=1S/C15H20ClN3O4/c1-23-13(20)7-6-12(17)15(22)19-9-8-18-14(21)10-4-2-3-5-11(10)16/h2-5,12H,6-9,17H2,1H3,(H,18,21)(H,19,22). The second-order valence-corrected chi connectivity index (χ2v) is 5.16. The molecule has 126 valence electrons. The van der Waals surface area contributed by atoms with E-state index in [4.69, 9.17) is 17.3 Å². The van der Waals surface area contributed by atoms with Crippen LogP contribution in [0, 0.1) is 0 Å². The highest BCUT2D eigenvalue weighted by Crippen LogP contribution is 2.14. The molecule has 0 saturated carbocycles. The Morgan fingerprint density at radius 1 is 1.22 bits per heavy atom. The molecule has 1 aromatic rings. The van der Waals surface area contributed by atoms with Crippen LogP contribution in [0.25, 0.3) is 0 Å². The fourth-order valence-electron chi connectivity index (χ4n) is 1.74. The summed E-state index contributed by atoms with van der Waals surface area (Å²) in [7, 11) is 1.27. The first-order chi connectivity index (χ1) is 11.0. The maximum atomic E-state index is 11.9. The fraction of sp³-hybridized carbons (Fsp3) is 0.400. The highest BCUT2D eigenvalue weighted by Gasteiger charge is 2.15. The van der Waals surface area contributed by atoms with Crippen LogP contribution in [0.15, 0.2) is 24.3 Å². The normalized spacial score (nSPS) is 11.4. The molecule has 2 amide bonds. The van der Waals surface area contributed by atoms with Crippen LogP contribution in [-0.2, 0) is 14.3 Å². The van der Waals surface area contributed by atoms with Crippen LogP contribution < -0.4 is 16.4 Å². The van der Waals surface area contributed by atoms with E-state index in [1.54, 1.807) is 24.3 Å². The van der Waals surface area contributed by atoms with Gasteiger partial charge in [0.1, 0.15) is 0 Å². The van der Waals surface area contributed by atoms with Crippen molar-refractivity contribution in [3.05, 3.63) is 34.9 Å². The molecule has 0 aromatic heterocycles. The van der Waals surface area contributed by atoms with Crippen molar-refractivity contribution in [1.29, 1.82) is 0 Å². The SMILES string of the molecule is COC(=O)CCC(N)C(=O)NCCNC(=O)c1ccccc1Cl. The molecule has 7 nitrogen and oxygen atoms in total. The van der Waals surface area contributed by atoms with Gasteiger partial charge in [-0.3, -0.25) is 14.4 Å². The predicted molar refractivity (Wildman–Crippen MR) is 86.0 cm³/mol. The quantitative estimate of drug-likeness (QED) is 0.470. The van der Waals surface area contributed by atoms with Gasteiger partial charge in [-0.25, -0.2) is 0 Å². The Bertz CT molecular complexity index is 565. The van der Waals surface area contributed by atoms with Gasteiger partial charge in [0.2, 0.25) is 5.91 Å². The number of benzene rings is 1. The van der Waals surface area contributed by atoms with Crippen LogP contribution in [0.2, 0.25) is 5.02 Å². The predicted octanol–water partition coefficient (Wildman–Crippen LogP) is 0.467. The van der Waals surface area contributed by atoms with Gasteiger partial charge in [0, 0.05) is 19.5 Å². The first-order valence-electron chi connectivity index (χ1n) is 7.08. The number of methoxy groups -OCH3 is 1. The van der Waals surface area contributed by atoms with Crippen molar-refractivity contribution < 1.29 is 19.1 Å². The van der Waals surface area contributed by atoms with Crippen molar-refractivity contribution in [3.63, 3.8) is 0 Å². The van der Waals surface area contributed by atoms with Gasteiger partial charge in [-0.05, 0) is 18.6 Å². The molecule has 0 aliphatic rings. The topological polar surface area (TPSA) is 111 Å².